The van der Waals surface area contributed by atoms with Crippen LogP contribution in [0.1, 0.15) is 108 Å². The van der Waals surface area contributed by atoms with Crippen molar-refractivity contribution in [3.63, 3.8) is 0 Å². The van der Waals surface area contributed by atoms with E-state index in [9.17, 15) is 0 Å². The minimum atomic E-state index is 0.302. The Labute approximate surface area is 187 Å². The molecule has 0 nitrogen and oxygen atoms in total. The quantitative estimate of drug-likeness (QED) is 0.230. The van der Waals surface area contributed by atoms with Gasteiger partial charge in [-0.2, -0.15) is 0 Å². The number of aryl methyl sites for hydroxylation is 1. The van der Waals surface area contributed by atoms with Crippen LogP contribution < -0.4 is 0 Å². The summed E-state index contributed by atoms with van der Waals surface area (Å²) < 4.78 is 0. The lowest BCUT2D eigenvalue weighted by Gasteiger charge is -2.25. The largest absolute Gasteiger partial charge is 0.0622 e. The average molecular weight is 406 g/mol. The fraction of sp³-hybridized carbons (Fsp3) is 0.567. The van der Waals surface area contributed by atoms with Crippen molar-refractivity contribution in [3.8, 4) is 0 Å². The van der Waals surface area contributed by atoms with Gasteiger partial charge < -0.3 is 0 Å². The summed E-state index contributed by atoms with van der Waals surface area (Å²) >= 11 is 0. The molecule has 0 saturated carbocycles. The van der Waals surface area contributed by atoms with Crippen LogP contribution in [-0.4, -0.2) is 0 Å². The predicted molar refractivity (Wildman–Crippen MR) is 134 cm³/mol. The highest BCUT2D eigenvalue weighted by Crippen LogP contribution is 2.29. The molecule has 0 amide bonds. The van der Waals surface area contributed by atoms with Crippen molar-refractivity contribution in [1.29, 1.82) is 0 Å². The van der Waals surface area contributed by atoms with E-state index in [4.69, 9.17) is 0 Å². The molecule has 0 fully saturated rings. The molecule has 0 heteroatoms. The Hall–Kier alpha value is -1.56. The zero-order valence-electron chi connectivity index (χ0n) is 19.8. The Kier molecular flexibility index (Phi) is 12.6. The van der Waals surface area contributed by atoms with Gasteiger partial charge in [-0.3, -0.25) is 0 Å². The Morgan fingerprint density at radius 1 is 0.567 bits per heavy atom. The molecule has 0 unspecified atom stereocenters. The van der Waals surface area contributed by atoms with Crippen LogP contribution in [-0.2, 0) is 11.8 Å². The maximum Gasteiger partial charge on any atom is -0.0104 e. The zero-order valence-corrected chi connectivity index (χ0v) is 19.8. The highest BCUT2D eigenvalue weighted by Gasteiger charge is 2.19. The lowest BCUT2D eigenvalue weighted by atomic mass is 9.80. The van der Waals surface area contributed by atoms with Gasteiger partial charge in [0.05, 0.1) is 0 Å². The minimum absolute atomic E-state index is 0.302. The van der Waals surface area contributed by atoms with Crippen LogP contribution in [0.2, 0.25) is 0 Å². The molecule has 0 aliphatic carbocycles. The summed E-state index contributed by atoms with van der Waals surface area (Å²) in [6.07, 6.45) is 21.7. The lowest BCUT2D eigenvalue weighted by molar-refractivity contribution is 0.457. The topological polar surface area (TPSA) is 0 Å². The molecule has 2 aromatic rings. The minimum Gasteiger partial charge on any atom is -0.0622 e. The van der Waals surface area contributed by atoms with E-state index in [1.54, 1.807) is 0 Å². The SMILES string of the molecule is CC(C)(CCC[CH]CCCCCCCCCCCc1ccccc1)c1ccccc1. The van der Waals surface area contributed by atoms with Gasteiger partial charge >= 0.3 is 0 Å². The average Bonchev–Trinajstić information content (AvgIpc) is 2.77. The highest BCUT2D eigenvalue weighted by molar-refractivity contribution is 5.23. The maximum atomic E-state index is 2.54. The van der Waals surface area contributed by atoms with Gasteiger partial charge in [0.1, 0.15) is 0 Å². The summed E-state index contributed by atoms with van der Waals surface area (Å²) in [5, 5.41) is 0. The van der Waals surface area contributed by atoms with E-state index < -0.39 is 0 Å². The summed E-state index contributed by atoms with van der Waals surface area (Å²) in [4.78, 5) is 0. The monoisotopic (exact) mass is 405 g/mol. The third-order valence-electron chi connectivity index (χ3n) is 6.48. The van der Waals surface area contributed by atoms with E-state index in [1.807, 2.05) is 0 Å². The van der Waals surface area contributed by atoms with Crippen LogP contribution in [0.4, 0.5) is 0 Å². The first kappa shape index (κ1) is 24.7. The second-order valence-corrected chi connectivity index (χ2v) is 9.64. The summed E-state index contributed by atoms with van der Waals surface area (Å²) in [6.45, 7) is 4.76. The predicted octanol–water partition coefficient (Wildman–Crippen LogP) is 9.48. The Morgan fingerprint density at radius 3 is 1.70 bits per heavy atom. The van der Waals surface area contributed by atoms with Crippen molar-refractivity contribution in [2.24, 2.45) is 0 Å². The molecule has 30 heavy (non-hydrogen) atoms. The second kappa shape index (κ2) is 15.3. The zero-order chi connectivity index (χ0) is 21.3. The number of hydrogen-bond donors (Lipinski definition) is 0. The van der Waals surface area contributed by atoms with Gasteiger partial charge in [-0.05, 0) is 42.2 Å². The molecule has 0 spiro atoms. The van der Waals surface area contributed by atoms with Crippen LogP contribution in [0.25, 0.3) is 0 Å². The molecule has 2 aromatic carbocycles. The van der Waals surface area contributed by atoms with Crippen LogP contribution in [0, 0.1) is 6.42 Å². The smallest absolute Gasteiger partial charge is 0.0104 e. The molecule has 0 N–H and O–H groups in total. The number of benzene rings is 2. The molecule has 165 valence electrons. The third-order valence-corrected chi connectivity index (χ3v) is 6.48. The van der Waals surface area contributed by atoms with Gasteiger partial charge in [-0.1, -0.05) is 145 Å². The van der Waals surface area contributed by atoms with Crippen molar-refractivity contribution in [3.05, 3.63) is 78.2 Å². The maximum absolute atomic E-state index is 2.54. The normalized spacial score (nSPS) is 11.7. The van der Waals surface area contributed by atoms with Gasteiger partial charge in [0.25, 0.3) is 0 Å². The fourth-order valence-electron chi connectivity index (χ4n) is 4.37. The molecule has 0 heterocycles. The van der Waals surface area contributed by atoms with Crippen molar-refractivity contribution < 1.29 is 0 Å². The van der Waals surface area contributed by atoms with E-state index in [2.05, 4.69) is 80.9 Å². The molecule has 2 rings (SSSR count). The standard InChI is InChI=1S/C30H45/c1-30(2,29-25-19-15-20-26-29)27-21-13-11-9-7-5-3-4-6-8-10-12-16-22-28-23-17-14-18-24-28/h11,14-15,17-20,23-26H,3-10,12-13,16,21-22,27H2,1-2H3. The molecule has 0 saturated heterocycles. The number of rotatable bonds is 17. The first-order valence-electron chi connectivity index (χ1n) is 12.6. The Bertz CT molecular complexity index is 626. The summed E-state index contributed by atoms with van der Waals surface area (Å²) in [5.74, 6) is 0. The van der Waals surface area contributed by atoms with E-state index in [1.165, 1.54) is 101 Å². The summed E-state index contributed by atoms with van der Waals surface area (Å²) in [7, 11) is 0. The van der Waals surface area contributed by atoms with Gasteiger partial charge in [-0.25, -0.2) is 0 Å². The Balaban J connectivity index is 1.32. The molecule has 0 atom stereocenters. The Morgan fingerprint density at radius 2 is 1.07 bits per heavy atom. The third kappa shape index (κ3) is 11.0. The highest BCUT2D eigenvalue weighted by atomic mass is 14.2. The van der Waals surface area contributed by atoms with E-state index in [0.29, 0.717) is 5.41 Å². The molecular formula is C30H45. The van der Waals surface area contributed by atoms with Crippen molar-refractivity contribution in [2.75, 3.05) is 0 Å². The van der Waals surface area contributed by atoms with Crippen LogP contribution >= 0.6 is 0 Å². The number of unbranched alkanes of at least 4 members (excludes halogenated alkanes) is 12. The molecule has 1 radical (unpaired) electrons. The second-order valence-electron chi connectivity index (χ2n) is 9.64. The number of hydrogen-bond acceptors (Lipinski definition) is 0. The van der Waals surface area contributed by atoms with Crippen LogP contribution in [0.15, 0.2) is 60.7 Å². The van der Waals surface area contributed by atoms with Crippen molar-refractivity contribution >= 4 is 0 Å². The molecule has 0 aromatic heterocycles. The molecule has 0 aliphatic rings. The van der Waals surface area contributed by atoms with Gasteiger partial charge in [0.15, 0.2) is 0 Å². The summed E-state index contributed by atoms with van der Waals surface area (Å²) in [5.41, 5.74) is 3.27. The van der Waals surface area contributed by atoms with Gasteiger partial charge in [-0.15, -0.1) is 0 Å². The summed E-state index contributed by atoms with van der Waals surface area (Å²) in [6, 6.07) is 21.9. The fourth-order valence-corrected chi connectivity index (χ4v) is 4.37. The lowest BCUT2D eigenvalue weighted by Crippen LogP contribution is -2.16. The molecule has 0 bridgehead atoms. The van der Waals surface area contributed by atoms with E-state index in [-0.39, 0.29) is 0 Å². The first-order chi connectivity index (χ1) is 14.7. The van der Waals surface area contributed by atoms with Crippen LogP contribution in [0.3, 0.4) is 0 Å². The van der Waals surface area contributed by atoms with Gasteiger partial charge in [0.2, 0.25) is 0 Å². The molecular weight excluding hydrogens is 360 g/mol. The van der Waals surface area contributed by atoms with E-state index in [0.717, 1.165) is 0 Å². The van der Waals surface area contributed by atoms with Gasteiger partial charge in [0, 0.05) is 0 Å². The molecule has 0 aliphatic heterocycles. The van der Waals surface area contributed by atoms with Crippen LogP contribution in [0.5, 0.6) is 0 Å². The first-order valence-corrected chi connectivity index (χ1v) is 12.6. The van der Waals surface area contributed by atoms with Crippen molar-refractivity contribution in [1.82, 2.24) is 0 Å². The van der Waals surface area contributed by atoms with E-state index >= 15 is 0 Å². The van der Waals surface area contributed by atoms with Crippen molar-refractivity contribution in [2.45, 2.75) is 109 Å².